The quantitative estimate of drug-likeness (QED) is 0.666. The van der Waals surface area contributed by atoms with Gasteiger partial charge in [-0.2, -0.15) is 22.0 Å². The normalized spacial score (nSPS) is 11.8. The highest BCUT2D eigenvalue weighted by atomic mass is 35.5. The Hall–Kier alpha value is -1.82. The van der Waals surface area contributed by atoms with Gasteiger partial charge in [0.1, 0.15) is 5.75 Å². The monoisotopic (exact) mass is 322 g/mol. The van der Waals surface area contributed by atoms with Gasteiger partial charge in [0.25, 0.3) is 0 Å². The molecule has 0 fully saturated rings. The van der Waals surface area contributed by atoms with E-state index >= 15 is 0 Å². The van der Waals surface area contributed by atoms with E-state index in [1.807, 2.05) is 0 Å². The Morgan fingerprint density at radius 1 is 1.00 bits per heavy atom. The molecule has 0 radical (unpaired) electrons. The summed E-state index contributed by atoms with van der Waals surface area (Å²) in [5.41, 5.74) is -0.736. The average Bonchev–Trinajstić information content (AvgIpc) is 2.39. The molecule has 0 atom stereocenters. The third kappa shape index (κ3) is 3.85. The predicted octanol–water partition coefficient (Wildman–Crippen LogP) is 5.63. The Bertz CT molecular complexity index is 640. The van der Waals surface area contributed by atoms with Crippen LogP contribution in [0.4, 0.5) is 22.0 Å². The van der Waals surface area contributed by atoms with Crippen LogP contribution in [0.25, 0.3) is 11.1 Å². The van der Waals surface area contributed by atoms with Crippen LogP contribution in [0.1, 0.15) is 5.56 Å². The standard InChI is InChI=1S/C14H8ClF5O/c15-10-4-5-12(21-13(16)17)11(7-10)8-2-1-3-9(6-8)14(18,19)20/h1-7,13H. The molecule has 112 valence electrons. The van der Waals surface area contributed by atoms with Crippen molar-refractivity contribution in [1.82, 2.24) is 0 Å². The van der Waals surface area contributed by atoms with Crippen LogP contribution in [-0.4, -0.2) is 6.61 Å². The molecule has 0 bridgehead atoms. The third-order valence-electron chi connectivity index (χ3n) is 2.66. The number of alkyl halides is 5. The van der Waals surface area contributed by atoms with E-state index in [4.69, 9.17) is 11.6 Å². The smallest absolute Gasteiger partial charge is 0.416 e. The summed E-state index contributed by atoms with van der Waals surface area (Å²) in [6.45, 7) is -3.09. The van der Waals surface area contributed by atoms with Gasteiger partial charge in [0, 0.05) is 10.6 Å². The van der Waals surface area contributed by atoms with Crippen LogP contribution in [0.2, 0.25) is 5.02 Å². The van der Waals surface area contributed by atoms with Crippen LogP contribution < -0.4 is 4.74 Å². The summed E-state index contributed by atoms with van der Waals surface area (Å²) in [5, 5.41) is 0.198. The zero-order chi connectivity index (χ0) is 15.6. The molecular formula is C14H8ClF5O. The molecule has 0 amide bonds. The molecule has 0 saturated carbocycles. The third-order valence-corrected chi connectivity index (χ3v) is 2.89. The fourth-order valence-corrected chi connectivity index (χ4v) is 1.96. The minimum atomic E-state index is -4.53. The SMILES string of the molecule is FC(F)Oc1ccc(Cl)cc1-c1cccc(C(F)(F)F)c1. The molecular weight excluding hydrogens is 315 g/mol. The molecule has 0 aliphatic rings. The molecule has 2 aromatic carbocycles. The van der Waals surface area contributed by atoms with E-state index in [1.165, 1.54) is 30.3 Å². The number of hydrogen-bond acceptors (Lipinski definition) is 1. The second kappa shape index (κ2) is 5.89. The minimum Gasteiger partial charge on any atom is -0.434 e. The lowest BCUT2D eigenvalue weighted by Crippen LogP contribution is -2.05. The van der Waals surface area contributed by atoms with Gasteiger partial charge in [-0.15, -0.1) is 0 Å². The van der Waals surface area contributed by atoms with E-state index in [1.54, 1.807) is 0 Å². The van der Waals surface area contributed by atoms with E-state index in [9.17, 15) is 22.0 Å². The average molecular weight is 323 g/mol. The number of hydrogen-bond donors (Lipinski definition) is 0. The summed E-state index contributed by atoms with van der Waals surface area (Å²) in [6, 6.07) is 8.06. The lowest BCUT2D eigenvalue weighted by molar-refractivity contribution is -0.137. The summed E-state index contributed by atoms with van der Waals surface area (Å²) >= 11 is 5.77. The van der Waals surface area contributed by atoms with Gasteiger partial charge in [-0.3, -0.25) is 0 Å². The van der Waals surface area contributed by atoms with Gasteiger partial charge in [0.15, 0.2) is 0 Å². The largest absolute Gasteiger partial charge is 0.434 e. The summed E-state index contributed by atoms with van der Waals surface area (Å²) in [5.74, 6) is -0.242. The molecule has 0 aromatic heterocycles. The van der Waals surface area contributed by atoms with Crippen LogP contribution in [-0.2, 0) is 6.18 Å². The van der Waals surface area contributed by atoms with Crippen molar-refractivity contribution >= 4 is 11.6 Å². The first-order valence-corrected chi connectivity index (χ1v) is 6.07. The van der Waals surface area contributed by atoms with Crippen molar-refractivity contribution in [2.45, 2.75) is 12.8 Å². The lowest BCUT2D eigenvalue weighted by Gasteiger charge is -2.13. The van der Waals surface area contributed by atoms with Crippen LogP contribution >= 0.6 is 11.6 Å². The van der Waals surface area contributed by atoms with E-state index < -0.39 is 18.4 Å². The van der Waals surface area contributed by atoms with E-state index in [-0.39, 0.29) is 21.9 Å². The molecule has 1 nitrogen and oxygen atoms in total. The van der Waals surface area contributed by atoms with E-state index in [0.29, 0.717) is 0 Å². The lowest BCUT2D eigenvalue weighted by atomic mass is 10.0. The van der Waals surface area contributed by atoms with Gasteiger partial charge in [0.2, 0.25) is 0 Å². The van der Waals surface area contributed by atoms with Gasteiger partial charge in [-0.1, -0.05) is 23.7 Å². The number of rotatable bonds is 3. The van der Waals surface area contributed by atoms with Crippen LogP contribution in [0.5, 0.6) is 5.75 Å². The number of ether oxygens (including phenoxy) is 1. The van der Waals surface area contributed by atoms with Crippen molar-refractivity contribution < 1.29 is 26.7 Å². The first-order valence-electron chi connectivity index (χ1n) is 5.69. The van der Waals surface area contributed by atoms with Crippen molar-refractivity contribution in [3.8, 4) is 16.9 Å². The molecule has 0 heterocycles. The molecule has 0 saturated heterocycles. The molecule has 7 heteroatoms. The van der Waals surface area contributed by atoms with Crippen LogP contribution in [0.15, 0.2) is 42.5 Å². The Morgan fingerprint density at radius 3 is 2.33 bits per heavy atom. The molecule has 2 rings (SSSR count). The second-order valence-corrected chi connectivity index (χ2v) is 4.53. The molecule has 21 heavy (non-hydrogen) atoms. The molecule has 0 unspecified atom stereocenters. The minimum absolute atomic E-state index is 0.0638. The van der Waals surface area contributed by atoms with Crippen molar-refractivity contribution in [3.05, 3.63) is 53.1 Å². The van der Waals surface area contributed by atoms with Gasteiger partial charge in [-0.05, 0) is 35.9 Å². The summed E-state index contributed by atoms with van der Waals surface area (Å²) < 4.78 is 67.1. The van der Waals surface area contributed by atoms with Crippen LogP contribution in [0, 0.1) is 0 Å². The molecule has 0 N–H and O–H groups in total. The fraction of sp³-hybridized carbons (Fsp3) is 0.143. The van der Waals surface area contributed by atoms with E-state index in [2.05, 4.69) is 4.74 Å². The van der Waals surface area contributed by atoms with Crippen LogP contribution in [0.3, 0.4) is 0 Å². The van der Waals surface area contributed by atoms with Gasteiger partial charge >= 0.3 is 12.8 Å². The molecule has 0 spiro atoms. The van der Waals surface area contributed by atoms with Crippen molar-refractivity contribution in [2.75, 3.05) is 0 Å². The maximum atomic E-state index is 12.7. The Morgan fingerprint density at radius 2 is 1.71 bits per heavy atom. The molecule has 2 aromatic rings. The number of benzene rings is 2. The predicted molar refractivity (Wildman–Crippen MR) is 68.5 cm³/mol. The van der Waals surface area contributed by atoms with E-state index in [0.717, 1.165) is 12.1 Å². The summed E-state index contributed by atoms with van der Waals surface area (Å²) in [7, 11) is 0. The summed E-state index contributed by atoms with van der Waals surface area (Å²) in [4.78, 5) is 0. The van der Waals surface area contributed by atoms with Crippen molar-refractivity contribution in [3.63, 3.8) is 0 Å². The van der Waals surface area contributed by atoms with Gasteiger partial charge in [-0.25, -0.2) is 0 Å². The second-order valence-electron chi connectivity index (χ2n) is 4.10. The first kappa shape index (κ1) is 15.6. The first-order chi connectivity index (χ1) is 9.77. The molecule has 0 aliphatic carbocycles. The van der Waals surface area contributed by atoms with Gasteiger partial charge < -0.3 is 4.74 Å². The maximum Gasteiger partial charge on any atom is 0.416 e. The Labute approximate surface area is 121 Å². The molecule has 0 aliphatic heterocycles. The highest BCUT2D eigenvalue weighted by molar-refractivity contribution is 6.31. The zero-order valence-electron chi connectivity index (χ0n) is 10.3. The zero-order valence-corrected chi connectivity index (χ0v) is 11.1. The van der Waals surface area contributed by atoms with Crippen molar-refractivity contribution in [1.29, 1.82) is 0 Å². The Kier molecular flexibility index (Phi) is 4.37. The maximum absolute atomic E-state index is 12.7. The number of halogens is 6. The Balaban J connectivity index is 2.53. The highest BCUT2D eigenvalue weighted by Crippen LogP contribution is 2.37. The fourth-order valence-electron chi connectivity index (χ4n) is 1.79. The van der Waals surface area contributed by atoms with Gasteiger partial charge in [0.05, 0.1) is 5.56 Å². The topological polar surface area (TPSA) is 9.23 Å². The summed E-state index contributed by atoms with van der Waals surface area (Å²) in [6.07, 6.45) is -4.53. The van der Waals surface area contributed by atoms with Crippen molar-refractivity contribution in [2.24, 2.45) is 0 Å². The highest BCUT2D eigenvalue weighted by Gasteiger charge is 2.30.